The van der Waals surface area contributed by atoms with E-state index in [1.54, 1.807) is 23.6 Å². The van der Waals surface area contributed by atoms with Gasteiger partial charge in [-0.2, -0.15) is 5.26 Å². The molecule has 0 aromatic heterocycles. The van der Waals surface area contributed by atoms with Gasteiger partial charge in [-0.1, -0.05) is 18.2 Å². The summed E-state index contributed by atoms with van der Waals surface area (Å²) in [4.78, 5) is 10.6. The van der Waals surface area contributed by atoms with Crippen LogP contribution in [0.4, 0.5) is 0 Å². The molecule has 0 aliphatic rings. The molecule has 2 N–H and O–H groups in total. The van der Waals surface area contributed by atoms with E-state index in [0.717, 1.165) is 0 Å². The molecule has 1 rings (SSSR count). The number of phenols is 1. The quantitative estimate of drug-likeness (QED) is 0.603. The molecule has 0 bridgehead atoms. The van der Waals surface area contributed by atoms with E-state index in [4.69, 9.17) is 10.4 Å². The molecule has 1 aromatic rings. The van der Waals surface area contributed by atoms with Gasteiger partial charge in [-0.3, -0.25) is 0 Å². The van der Waals surface area contributed by atoms with Crippen LogP contribution in [-0.4, -0.2) is 16.2 Å². The summed E-state index contributed by atoms with van der Waals surface area (Å²) < 4.78 is 0. The molecule has 0 amide bonds. The van der Waals surface area contributed by atoms with Gasteiger partial charge in [-0.25, -0.2) is 4.79 Å². The number of nitriles is 1. The van der Waals surface area contributed by atoms with E-state index in [-0.39, 0.29) is 10.7 Å². The second-order valence-electron chi connectivity index (χ2n) is 2.57. The monoisotopic (exact) mass is 221 g/mol. The number of hydrogen-bond donors (Lipinski definition) is 2. The number of hydrogen-bond acceptors (Lipinski definition) is 4. The lowest BCUT2D eigenvalue weighted by atomic mass is 10.2. The minimum atomic E-state index is -1.19. The van der Waals surface area contributed by atoms with Crippen LogP contribution in [0.5, 0.6) is 5.75 Å². The Bertz CT molecular complexity index is 448. The van der Waals surface area contributed by atoms with Gasteiger partial charge in [-0.05, 0) is 23.9 Å². The van der Waals surface area contributed by atoms with Crippen LogP contribution in [0, 0.1) is 10.7 Å². The van der Waals surface area contributed by atoms with E-state index in [0.29, 0.717) is 17.3 Å². The average Bonchev–Trinajstić information content (AvgIpc) is 2.20. The molecule has 0 saturated carbocycles. The summed E-state index contributed by atoms with van der Waals surface area (Å²) in [6.45, 7) is 0. The number of carboxylic acid groups (broad SMARTS) is 1. The number of carbonyl (C=O) groups is 1. The number of nitrogens with zero attached hydrogens (tertiary/aromatic N) is 1. The molecule has 1 aromatic carbocycles. The van der Waals surface area contributed by atoms with Crippen molar-refractivity contribution in [1.29, 1.82) is 5.26 Å². The molecule has 76 valence electrons. The highest BCUT2D eigenvalue weighted by atomic mass is 32.2. The van der Waals surface area contributed by atoms with Crippen molar-refractivity contribution in [2.24, 2.45) is 0 Å². The number of thiocyanates is 1. The van der Waals surface area contributed by atoms with Crippen LogP contribution in [-0.2, 0) is 4.79 Å². The molecule has 0 spiro atoms. The largest absolute Gasteiger partial charge is 0.507 e. The third kappa shape index (κ3) is 3.04. The summed E-state index contributed by atoms with van der Waals surface area (Å²) >= 11 is 0.544. The van der Waals surface area contributed by atoms with Crippen molar-refractivity contribution in [2.45, 2.75) is 0 Å². The lowest BCUT2D eigenvalue weighted by Crippen LogP contribution is -1.95. The molecule has 0 heterocycles. The zero-order valence-electron chi connectivity index (χ0n) is 7.54. The first-order valence-electron chi connectivity index (χ1n) is 3.94. The number of thioether (sulfide) groups is 1. The van der Waals surface area contributed by atoms with Crippen LogP contribution in [0.15, 0.2) is 29.2 Å². The van der Waals surface area contributed by atoms with E-state index in [1.807, 2.05) is 0 Å². The van der Waals surface area contributed by atoms with Crippen LogP contribution in [0.25, 0.3) is 6.08 Å². The van der Waals surface area contributed by atoms with Crippen LogP contribution in [0.3, 0.4) is 0 Å². The first-order chi connectivity index (χ1) is 7.15. The Morgan fingerprint density at radius 1 is 1.47 bits per heavy atom. The molecule has 0 unspecified atom stereocenters. The van der Waals surface area contributed by atoms with E-state index in [9.17, 15) is 9.90 Å². The van der Waals surface area contributed by atoms with Gasteiger partial charge in [0.2, 0.25) is 0 Å². The molecule has 0 radical (unpaired) electrons. The first-order valence-corrected chi connectivity index (χ1v) is 4.75. The predicted molar refractivity (Wildman–Crippen MR) is 56.9 cm³/mol. The van der Waals surface area contributed by atoms with Gasteiger partial charge < -0.3 is 10.2 Å². The smallest absolute Gasteiger partial charge is 0.343 e. The molecule has 5 heteroatoms. The third-order valence-corrected chi connectivity index (χ3v) is 2.19. The Labute approximate surface area is 90.5 Å². The summed E-state index contributed by atoms with van der Waals surface area (Å²) in [5, 5.41) is 28.2. The summed E-state index contributed by atoms with van der Waals surface area (Å²) in [5.74, 6) is -1.21. The van der Waals surface area contributed by atoms with Crippen molar-refractivity contribution in [3.8, 4) is 11.2 Å². The fraction of sp³-hybridized carbons (Fsp3) is 0. The fourth-order valence-corrected chi connectivity index (χ4v) is 1.31. The zero-order chi connectivity index (χ0) is 11.3. The Balaban J connectivity index is 3.09. The Hall–Kier alpha value is -1.93. The standard InChI is InChI=1S/C10H7NO3S/c11-6-15-9(10(13)14)5-7-3-1-2-4-8(7)12/h1-5,12H,(H,13,14). The van der Waals surface area contributed by atoms with Crippen molar-refractivity contribution in [3.05, 3.63) is 34.7 Å². The molecular formula is C10H7NO3S. The molecule has 0 aliphatic carbocycles. The number of phenolic OH excluding ortho intramolecular Hbond substituents is 1. The molecule has 0 saturated heterocycles. The van der Waals surface area contributed by atoms with Crippen molar-refractivity contribution in [3.63, 3.8) is 0 Å². The lowest BCUT2D eigenvalue weighted by Gasteiger charge is -1.99. The molecule has 0 fully saturated rings. The van der Waals surface area contributed by atoms with Gasteiger partial charge >= 0.3 is 5.97 Å². The summed E-state index contributed by atoms with van der Waals surface area (Å²) in [7, 11) is 0. The predicted octanol–water partition coefficient (Wildman–Crippen LogP) is 2.03. The lowest BCUT2D eigenvalue weighted by molar-refractivity contribution is -0.131. The number of aromatic hydroxyl groups is 1. The highest BCUT2D eigenvalue weighted by molar-refractivity contribution is 8.08. The number of rotatable bonds is 3. The highest BCUT2D eigenvalue weighted by Gasteiger charge is 2.08. The van der Waals surface area contributed by atoms with Crippen molar-refractivity contribution < 1.29 is 15.0 Å². The van der Waals surface area contributed by atoms with Crippen LogP contribution >= 0.6 is 11.8 Å². The molecule has 0 aliphatic heterocycles. The summed E-state index contributed by atoms with van der Waals surface area (Å²) in [6, 6.07) is 6.31. The Morgan fingerprint density at radius 3 is 2.67 bits per heavy atom. The van der Waals surface area contributed by atoms with Crippen LogP contribution in [0.2, 0.25) is 0 Å². The van der Waals surface area contributed by atoms with Gasteiger partial charge in [0.25, 0.3) is 0 Å². The second-order valence-corrected chi connectivity index (χ2v) is 3.39. The van der Waals surface area contributed by atoms with E-state index in [2.05, 4.69) is 0 Å². The maximum atomic E-state index is 10.7. The normalized spacial score (nSPS) is 10.7. The van der Waals surface area contributed by atoms with E-state index < -0.39 is 5.97 Å². The third-order valence-electron chi connectivity index (χ3n) is 1.59. The average molecular weight is 221 g/mol. The molecule has 0 atom stereocenters. The summed E-state index contributed by atoms with van der Waals surface area (Å²) in [6.07, 6.45) is 1.26. The van der Waals surface area contributed by atoms with Gasteiger partial charge in [-0.15, -0.1) is 0 Å². The van der Waals surface area contributed by atoms with Gasteiger partial charge in [0, 0.05) is 5.56 Å². The van der Waals surface area contributed by atoms with Gasteiger partial charge in [0.15, 0.2) is 0 Å². The molecular weight excluding hydrogens is 214 g/mol. The summed E-state index contributed by atoms with van der Waals surface area (Å²) in [5.41, 5.74) is 0.373. The SMILES string of the molecule is N#CSC(=Cc1ccccc1O)C(=O)O. The molecule has 4 nitrogen and oxygen atoms in total. The fourth-order valence-electron chi connectivity index (χ4n) is 0.935. The zero-order valence-corrected chi connectivity index (χ0v) is 8.36. The van der Waals surface area contributed by atoms with Crippen LogP contribution < -0.4 is 0 Å². The number of para-hydroxylation sites is 1. The topological polar surface area (TPSA) is 81.3 Å². The second kappa shape index (κ2) is 5.08. The first kappa shape index (κ1) is 11.1. The van der Waals surface area contributed by atoms with E-state index >= 15 is 0 Å². The number of carboxylic acids is 1. The highest BCUT2D eigenvalue weighted by Crippen LogP contribution is 2.23. The van der Waals surface area contributed by atoms with Crippen LogP contribution in [0.1, 0.15) is 5.56 Å². The molecule has 15 heavy (non-hydrogen) atoms. The van der Waals surface area contributed by atoms with Crippen molar-refractivity contribution in [1.82, 2.24) is 0 Å². The van der Waals surface area contributed by atoms with Crippen molar-refractivity contribution in [2.75, 3.05) is 0 Å². The number of aliphatic carboxylic acids is 1. The minimum absolute atomic E-state index is 0.0187. The van der Waals surface area contributed by atoms with E-state index in [1.165, 1.54) is 12.1 Å². The van der Waals surface area contributed by atoms with Crippen molar-refractivity contribution >= 4 is 23.8 Å². The number of benzene rings is 1. The minimum Gasteiger partial charge on any atom is -0.507 e. The Kier molecular flexibility index (Phi) is 3.77. The Morgan fingerprint density at radius 2 is 2.13 bits per heavy atom. The van der Waals surface area contributed by atoms with Gasteiger partial charge in [0.05, 0.1) is 0 Å². The maximum absolute atomic E-state index is 10.7. The maximum Gasteiger partial charge on any atom is 0.343 e. The van der Waals surface area contributed by atoms with Gasteiger partial charge in [0.1, 0.15) is 16.1 Å².